The first-order valence-corrected chi connectivity index (χ1v) is 8.62. The van der Waals surface area contributed by atoms with Gasteiger partial charge in [0.15, 0.2) is 0 Å². The van der Waals surface area contributed by atoms with Gasteiger partial charge in [-0.25, -0.2) is 4.98 Å². The summed E-state index contributed by atoms with van der Waals surface area (Å²) in [5, 5.41) is 3.49. The van der Waals surface area contributed by atoms with Crippen LogP contribution in [0.3, 0.4) is 0 Å². The summed E-state index contributed by atoms with van der Waals surface area (Å²) in [7, 11) is 0. The van der Waals surface area contributed by atoms with Crippen LogP contribution in [0.1, 0.15) is 10.6 Å². The molecular weight excluding hydrogens is 354 g/mol. The minimum Gasteiger partial charge on any atom is -0.236 e. The number of rotatable bonds is 2. The summed E-state index contributed by atoms with van der Waals surface area (Å²) >= 11 is 5.22. The van der Waals surface area contributed by atoms with Gasteiger partial charge in [0, 0.05) is 9.86 Å². The molecule has 1 nitrogen and oxygen atoms in total. The first-order chi connectivity index (χ1) is 10.8. The average Bonchev–Trinajstić information content (AvgIpc) is 2.97. The fourth-order valence-corrected chi connectivity index (χ4v) is 3.83. The SMILES string of the molecule is Brc1cccc(/C=C/c2nc3c(ccc4ccccc43)s2)c1. The Balaban J connectivity index is 1.78. The third-order valence-corrected chi connectivity index (χ3v) is 5.05. The van der Waals surface area contributed by atoms with Crippen LogP contribution in [0.5, 0.6) is 0 Å². The summed E-state index contributed by atoms with van der Waals surface area (Å²) in [5.41, 5.74) is 2.26. The van der Waals surface area contributed by atoms with Crippen molar-refractivity contribution in [2.45, 2.75) is 0 Å². The molecule has 4 aromatic rings. The monoisotopic (exact) mass is 365 g/mol. The molecule has 0 fully saturated rings. The van der Waals surface area contributed by atoms with Gasteiger partial charge in [-0.1, -0.05) is 64.5 Å². The van der Waals surface area contributed by atoms with Crippen molar-refractivity contribution in [2.75, 3.05) is 0 Å². The summed E-state index contributed by atoms with van der Waals surface area (Å²) in [4.78, 5) is 4.80. The van der Waals surface area contributed by atoms with E-state index in [-0.39, 0.29) is 0 Å². The predicted octanol–water partition coefficient (Wildman–Crippen LogP) is 6.38. The van der Waals surface area contributed by atoms with Gasteiger partial charge < -0.3 is 0 Å². The molecule has 0 saturated heterocycles. The summed E-state index contributed by atoms with van der Waals surface area (Å²) in [5.74, 6) is 0. The Bertz CT molecular complexity index is 1000. The molecule has 0 spiro atoms. The van der Waals surface area contributed by atoms with Crippen LogP contribution in [0.2, 0.25) is 0 Å². The molecule has 0 aliphatic heterocycles. The van der Waals surface area contributed by atoms with Crippen molar-refractivity contribution in [3.63, 3.8) is 0 Å². The van der Waals surface area contributed by atoms with Crippen molar-refractivity contribution in [3.8, 4) is 0 Å². The first-order valence-electron chi connectivity index (χ1n) is 7.01. The molecule has 0 aliphatic carbocycles. The molecule has 22 heavy (non-hydrogen) atoms. The van der Waals surface area contributed by atoms with Crippen LogP contribution in [0.4, 0.5) is 0 Å². The van der Waals surface area contributed by atoms with E-state index >= 15 is 0 Å². The van der Waals surface area contributed by atoms with Crippen molar-refractivity contribution >= 4 is 60.4 Å². The van der Waals surface area contributed by atoms with Gasteiger partial charge in [0.05, 0.1) is 10.2 Å². The van der Waals surface area contributed by atoms with Crippen LogP contribution >= 0.6 is 27.3 Å². The largest absolute Gasteiger partial charge is 0.236 e. The highest BCUT2D eigenvalue weighted by Gasteiger charge is 2.05. The highest BCUT2D eigenvalue weighted by atomic mass is 79.9. The molecule has 1 heterocycles. The Morgan fingerprint density at radius 3 is 2.73 bits per heavy atom. The Kier molecular flexibility index (Phi) is 3.53. The van der Waals surface area contributed by atoms with E-state index in [1.807, 2.05) is 12.1 Å². The maximum atomic E-state index is 4.80. The Hall–Kier alpha value is -1.97. The van der Waals surface area contributed by atoms with Crippen LogP contribution in [0.25, 0.3) is 33.1 Å². The van der Waals surface area contributed by atoms with Gasteiger partial charge in [-0.3, -0.25) is 0 Å². The molecule has 0 amide bonds. The van der Waals surface area contributed by atoms with Gasteiger partial charge in [-0.15, -0.1) is 11.3 Å². The van der Waals surface area contributed by atoms with Crippen molar-refractivity contribution in [1.82, 2.24) is 4.98 Å². The number of hydrogen-bond acceptors (Lipinski definition) is 2. The molecule has 0 atom stereocenters. The quantitative estimate of drug-likeness (QED) is 0.401. The molecule has 0 saturated carbocycles. The second-order valence-electron chi connectivity index (χ2n) is 5.07. The lowest BCUT2D eigenvalue weighted by atomic mass is 10.1. The van der Waals surface area contributed by atoms with Crippen LogP contribution in [-0.2, 0) is 0 Å². The van der Waals surface area contributed by atoms with E-state index < -0.39 is 0 Å². The minimum absolute atomic E-state index is 1.03. The van der Waals surface area contributed by atoms with Crippen molar-refractivity contribution < 1.29 is 0 Å². The third-order valence-electron chi connectivity index (χ3n) is 3.57. The molecule has 0 unspecified atom stereocenters. The van der Waals surface area contributed by atoms with Crippen molar-refractivity contribution in [1.29, 1.82) is 0 Å². The second-order valence-corrected chi connectivity index (χ2v) is 7.05. The maximum Gasteiger partial charge on any atom is 0.117 e. The number of hydrogen-bond donors (Lipinski definition) is 0. The topological polar surface area (TPSA) is 12.9 Å². The zero-order chi connectivity index (χ0) is 14.9. The zero-order valence-corrected chi connectivity index (χ0v) is 14.1. The number of halogens is 1. The van der Waals surface area contributed by atoms with Crippen molar-refractivity contribution in [3.05, 3.63) is 75.7 Å². The molecule has 1 aromatic heterocycles. The predicted molar refractivity (Wildman–Crippen MR) is 100 cm³/mol. The maximum absolute atomic E-state index is 4.80. The van der Waals surface area contributed by atoms with E-state index in [2.05, 4.69) is 76.6 Å². The number of benzene rings is 3. The van der Waals surface area contributed by atoms with Gasteiger partial charge in [0.2, 0.25) is 0 Å². The highest BCUT2D eigenvalue weighted by Crippen LogP contribution is 2.30. The van der Waals surface area contributed by atoms with E-state index in [0.29, 0.717) is 0 Å². The molecule has 3 heteroatoms. The molecule has 106 valence electrons. The minimum atomic E-state index is 1.03. The molecule has 4 rings (SSSR count). The molecule has 0 bridgehead atoms. The lowest BCUT2D eigenvalue weighted by molar-refractivity contribution is 1.48. The molecular formula is C19H12BrNS. The smallest absolute Gasteiger partial charge is 0.117 e. The third kappa shape index (κ3) is 2.58. The van der Waals surface area contributed by atoms with E-state index in [1.165, 1.54) is 21.0 Å². The summed E-state index contributed by atoms with van der Waals surface area (Å²) in [6, 6.07) is 21.0. The first kappa shape index (κ1) is 13.7. The lowest BCUT2D eigenvalue weighted by Gasteiger charge is -1.96. The van der Waals surface area contributed by atoms with Gasteiger partial charge in [-0.2, -0.15) is 0 Å². The second kappa shape index (κ2) is 5.67. The zero-order valence-electron chi connectivity index (χ0n) is 11.7. The summed E-state index contributed by atoms with van der Waals surface area (Å²) in [6.07, 6.45) is 4.19. The standard InChI is InChI=1S/C19H12BrNS/c20-15-6-3-4-13(12-15)8-11-18-21-19-16-7-2-1-5-14(16)9-10-17(19)22-18/h1-12H/b11-8+. The van der Waals surface area contributed by atoms with Gasteiger partial charge in [-0.05, 0) is 35.2 Å². The Labute approximate surface area is 141 Å². The van der Waals surface area contributed by atoms with Crippen LogP contribution in [-0.4, -0.2) is 4.98 Å². The van der Waals surface area contributed by atoms with Crippen LogP contribution in [0, 0.1) is 0 Å². The molecule has 0 N–H and O–H groups in total. The Morgan fingerprint density at radius 1 is 0.909 bits per heavy atom. The fourth-order valence-electron chi connectivity index (χ4n) is 2.53. The number of fused-ring (bicyclic) bond motifs is 3. The highest BCUT2D eigenvalue weighted by molar-refractivity contribution is 9.10. The van der Waals surface area contributed by atoms with Crippen LogP contribution in [0.15, 0.2) is 65.1 Å². The number of thiazole rings is 1. The average molecular weight is 366 g/mol. The summed E-state index contributed by atoms with van der Waals surface area (Å²) < 4.78 is 2.32. The number of aromatic nitrogens is 1. The molecule has 3 aromatic carbocycles. The van der Waals surface area contributed by atoms with Crippen molar-refractivity contribution in [2.24, 2.45) is 0 Å². The van der Waals surface area contributed by atoms with E-state index in [1.54, 1.807) is 11.3 Å². The summed E-state index contributed by atoms with van der Waals surface area (Å²) in [6.45, 7) is 0. The molecule has 0 aliphatic rings. The van der Waals surface area contributed by atoms with Gasteiger partial charge >= 0.3 is 0 Å². The van der Waals surface area contributed by atoms with E-state index in [0.717, 1.165) is 15.0 Å². The lowest BCUT2D eigenvalue weighted by Crippen LogP contribution is -1.75. The van der Waals surface area contributed by atoms with Crippen LogP contribution < -0.4 is 0 Å². The normalized spacial score (nSPS) is 11.7. The van der Waals surface area contributed by atoms with Gasteiger partial charge in [0.1, 0.15) is 5.01 Å². The van der Waals surface area contributed by atoms with E-state index in [9.17, 15) is 0 Å². The van der Waals surface area contributed by atoms with E-state index in [4.69, 9.17) is 4.98 Å². The fraction of sp³-hybridized carbons (Fsp3) is 0. The molecule has 0 radical (unpaired) electrons. The Morgan fingerprint density at radius 2 is 1.82 bits per heavy atom. The van der Waals surface area contributed by atoms with Gasteiger partial charge in [0.25, 0.3) is 0 Å². The number of nitrogens with zero attached hydrogens (tertiary/aromatic N) is 1.